The fourth-order valence-corrected chi connectivity index (χ4v) is 1.85. The molecule has 80 valence electrons. The SMILES string of the molecule is CC(C)c1ncc2c(n1)CCCCC2=O. The van der Waals surface area contributed by atoms with Gasteiger partial charge in [0.2, 0.25) is 0 Å². The van der Waals surface area contributed by atoms with Crippen LogP contribution in [0.3, 0.4) is 0 Å². The van der Waals surface area contributed by atoms with Crippen molar-refractivity contribution >= 4 is 5.78 Å². The van der Waals surface area contributed by atoms with Gasteiger partial charge in [-0.3, -0.25) is 4.79 Å². The number of ketones is 1. The molecule has 0 atom stereocenters. The summed E-state index contributed by atoms with van der Waals surface area (Å²) in [5, 5.41) is 0. The molecule has 0 radical (unpaired) electrons. The van der Waals surface area contributed by atoms with Crippen LogP contribution in [-0.4, -0.2) is 15.8 Å². The summed E-state index contributed by atoms with van der Waals surface area (Å²) in [6, 6.07) is 0. The van der Waals surface area contributed by atoms with E-state index in [1.54, 1.807) is 6.20 Å². The van der Waals surface area contributed by atoms with Crippen molar-refractivity contribution in [2.75, 3.05) is 0 Å². The Morgan fingerprint density at radius 1 is 1.27 bits per heavy atom. The Morgan fingerprint density at radius 2 is 2.00 bits per heavy atom. The Bertz CT molecular complexity index is 385. The first-order chi connectivity index (χ1) is 7.18. The molecule has 1 aromatic heterocycles. The van der Waals surface area contributed by atoms with E-state index in [1.807, 2.05) is 0 Å². The molecule has 1 aromatic rings. The summed E-state index contributed by atoms with van der Waals surface area (Å²) in [4.78, 5) is 20.4. The molecule has 0 unspecified atom stereocenters. The predicted molar refractivity (Wildman–Crippen MR) is 58.0 cm³/mol. The number of nitrogens with zero attached hydrogens (tertiary/aromatic N) is 2. The first-order valence-electron chi connectivity index (χ1n) is 5.57. The lowest BCUT2D eigenvalue weighted by atomic mass is 10.1. The zero-order valence-electron chi connectivity index (χ0n) is 9.29. The van der Waals surface area contributed by atoms with E-state index in [0.29, 0.717) is 12.3 Å². The largest absolute Gasteiger partial charge is 0.294 e. The quantitative estimate of drug-likeness (QED) is 0.660. The van der Waals surface area contributed by atoms with E-state index < -0.39 is 0 Å². The second kappa shape index (κ2) is 4.09. The van der Waals surface area contributed by atoms with Gasteiger partial charge in [0.1, 0.15) is 5.82 Å². The summed E-state index contributed by atoms with van der Waals surface area (Å²) in [6.45, 7) is 4.14. The molecule has 0 amide bonds. The maximum atomic E-state index is 11.7. The lowest BCUT2D eigenvalue weighted by molar-refractivity contribution is 0.0981. The highest BCUT2D eigenvalue weighted by Gasteiger charge is 2.18. The van der Waals surface area contributed by atoms with Crippen LogP contribution >= 0.6 is 0 Å². The zero-order chi connectivity index (χ0) is 10.8. The summed E-state index contributed by atoms with van der Waals surface area (Å²) >= 11 is 0. The van der Waals surface area contributed by atoms with E-state index in [9.17, 15) is 4.79 Å². The van der Waals surface area contributed by atoms with Crippen molar-refractivity contribution in [2.24, 2.45) is 0 Å². The van der Waals surface area contributed by atoms with E-state index >= 15 is 0 Å². The van der Waals surface area contributed by atoms with Crippen molar-refractivity contribution in [1.82, 2.24) is 9.97 Å². The second-order valence-electron chi connectivity index (χ2n) is 4.37. The van der Waals surface area contributed by atoms with Gasteiger partial charge < -0.3 is 0 Å². The number of carbonyl (C=O) groups is 1. The van der Waals surface area contributed by atoms with Gasteiger partial charge in [-0.2, -0.15) is 0 Å². The molecular formula is C12H16N2O. The molecule has 0 saturated carbocycles. The maximum Gasteiger partial charge on any atom is 0.166 e. The van der Waals surface area contributed by atoms with Gasteiger partial charge in [0.15, 0.2) is 5.78 Å². The molecule has 0 aromatic carbocycles. The molecule has 0 bridgehead atoms. The standard InChI is InChI=1S/C12H16N2O/c1-8(2)12-13-7-9-10(14-12)5-3-4-6-11(9)15/h7-8H,3-6H2,1-2H3. The van der Waals surface area contributed by atoms with E-state index in [-0.39, 0.29) is 5.78 Å². The summed E-state index contributed by atoms with van der Waals surface area (Å²) in [7, 11) is 0. The third kappa shape index (κ3) is 2.06. The first-order valence-corrected chi connectivity index (χ1v) is 5.57. The fraction of sp³-hybridized carbons (Fsp3) is 0.583. The van der Waals surface area contributed by atoms with Gasteiger partial charge in [0, 0.05) is 18.5 Å². The monoisotopic (exact) mass is 204 g/mol. The van der Waals surface area contributed by atoms with Crippen molar-refractivity contribution < 1.29 is 4.79 Å². The molecular weight excluding hydrogens is 188 g/mol. The molecule has 3 heteroatoms. The Morgan fingerprint density at radius 3 is 2.73 bits per heavy atom. The summed E-state index contributed by atoms with van der Waals surface area (Å²) < 4.78 is 0. The minimum Gasteiger partial charge on any atom is -0.294 e. The van der Waals surface area contributed by atoms with Crippen LogP contribution < -0.4 is 0 Å². The van der Waals surface area contributed by atoms with Crippen LogP contribution in [0, 0.1) is 0 Å². The van der Waals surface area contributed by atoms with Crippen LogP contribution in [0.4, 0.5) is 0 Å². The van der Waals surface area contributed by atoms with E-state index in [4.69, 9.17) is 0 Å². The molecule has 0 spiro atoms. The highest BCUT2D eigenvalue weighted by atomic mass is 16.1. The molecule has 0 fully saturated rings. The number of aryl methyl sites for hydroxylation is 1. The average molecular weight is 204 g/mol. The van der Waals surface area contributed by atoms with Crippen molar-refractivity contribution in [3.8, 4) is 0 Å². The lowest BCUT2D eigenvalue weighted by Crippen LogP contribution is -2.07. The molecule has 0 N–H and O–H groups in total. The Balaban J connectivity index is 2.42. The van der Waals surface area contributed by atoms with Crippen molar-refractivity contribution in [3.63, 3.8) is 0 Å². The number of aromatic nitrogens is 2. The number of fused-ring (bicyclic) bond motifs is 1. The van der Waals surface area contributed by atoms with Crippen molar-refractivity contribution in [2.45, 2.75) is 45.4 Å². The second-order valence-corrected chi connectivity index (χ2v) is 4.37. The maximum absolute atomic E-state index is 11.7. The fourth-order valence-electron chi connectivity index (χ4n) is 1.85. The Labute approximate surface area is 89.9 Å². The third-order valence-electron chi connectivity index (χ3n) is 2.77. The minimum atomic E-state index is 0.206. The molecule has 1 heterocycles. The van der Waals surface area contributed by atoms with Crippen LogP contribution in [0.1, 0.15) is 60.9 Å². The van der Waals surface area contributed by atoms with Crippen LogP contribution in [-0.2, 0) is 6.42 Å². The lowest BCUT2D eigenvalue weighted by Gasteiger charge is -2.07. The number of Topliss-reactive ketones (excluding diaryl/α,β-unsaturated/α-hetero) is 1. The predicted octanol–water partition coefficient (Wildman–Crippen LogP) is 2.51. The molecule has 3 nitrogen and oxygen atoms in total. The van der Waals surface area contributed by atoms with Gasteiger partial charge in [-0.1, -0.05) is 13.8 Å². The Kier molecular flexibility index (Phi) is 2.80. The molecule has 15 heavy (non-hydrogen) atoms. The molecule has 0 saturated heterocycles. The first kappa shape index (κ1) is 10.3. The highest BCUT2D eigenvalue weighted by Crippen LogP contribution is 2.20. The zero-order valence-corrected chi connectivity index (χ0v) is 9.29. The summed E-state index contributed by atoms with van der Waals surface area (Å²) in [5.74, 6) is 1.38. The topological polar surface area (TPSA) is 42.9 Å². The number of hydrogen-bond donors (Lipinski definition) is 0. The van der Waals surface area contributed by atoms with Gasteiger partial charge in [-0.05, 0) is 19.3 Å². The van der Waals surface area contributed by atoms with E-state index in [1.165, 1.54) is 0 Å². The molecule has 2 rings (SSSR count). The summed E-state index contributed by atoms with van der Waals surface area (Å²) in [6.07, 6.45) is 5.32. The van der Waals surface area contributed by atoms with Gasteiger partial charge in [-0.25, -0.2) is 9.97 Å². The van der Waals surface area contributed by atoms with Crippen LogP contribution in [0.25, 0.3) is 0 Å². The van der Waals surface area contributed by atoms with Gasteiger partial charge >= 0.3 is 0 Å². The number of hydrogen-bond acceptors (Lipinski definition) is 3. The van der Waals surface area contributed by atoms with Crippen LogP contribution in [0.15, 0.2) is 6.20 Å². The van der Waals surface area contributed by atoms with Crippen molar-refractivity contribution in [3.05, 3.63) is 23.3 Å². The van der Waals surface area contributed by atoms with Gasteiger partial charge in [0.05, 0.1) is 11.3 Å². The minimum absolute atomic E-state index is 0.206. The van der Waals surface area contributed by atoms with Gasteiger partial charge in [0.25, 0.3) is 0 Å². The van der Waals surface area contributed by atoms with E-state index in [2.05, 4.69) is 23.8 Å². The van der Waals surface area contributed by atoms with Crippen molar-refractivity contribution in [1.29, 1.82) is 0 Å². The number of rotatable bonds is 1. The molecule has 1 aliphatic rings. The molecule has 0 aliphatic heterocycles. The normalized spacial score (nSPS) is 16.3. The number of carbonyl (C=O) groups excluding carboxylic acids is 1. The Hall–Kier alpha value is -1.25. The van der Waals surface area contributed by atoms with E-state index in [0.717, 1.165) is 36.3 Å². The van der Waals surface area contributed by atoms with Crippen LogP contribution in [0.5, 0.6) is 0 Å². The van der Waals surface area contributed by atoms with Crippen LogP contribution in [0.2, 0.25) is 0 Å². The third-order valence-corrected chi connectivity index (χ3v) is 2.77. The smallest absolute Gasteiger partial charge is 0.166 e. The average Bonchev–Trinajstić information content (AvgIpc) is 2.40. The molecule has 1 aliphatic carbocycles. The summed E-state index contributed by atoms with van der Waals surface area (Å²) in [5.41, 5.74) is 1.70. The van der Waals surface area contributed by atoms with Gasteiger partial charge in [-0.15, -0.1) is 0 Å². The highest BCUT2D eigenvalue weighted by molar-refractivity contribution is 5.97.